The van der Waals surface area contributed by atoms with Crippen molar-refractivity contribution >= 4 is 27.7 Å². The van der Waals surface area contributed by atoms with E-state index in [4.69, 9.17) is 0 Å². The molecule has 0 N–H and O–H groups in total. The first-order valence-corrected chi connectivity index (χ1v) is 6.92. The van der Waals surface area contributed by atoms with Gasteiger partial charge in [0.2, 0.25) is 5.91 Å². The van der Waals surface area contributed by atoms with Crippen LogP contribution >= 0.6 is 15.9 Å². The Morgan fingerprint density at radius 2 is 2.21 bits per heavy atom. The number of amides is 1. The van der Waals surface area contributed by atoms with E-state index in [0.29, 0.717) is 5.92 Å². The summed E-state index contributed by atoms with van der Waals surface area (Å²) in [7, 11) is 0. The molecule has 0 saturated carbocycles. The minimum absolute atomic E-state index is 0.0425. The number of nitrogens with zero attached hydrogens (tertiary/aromatic N) is 4. The molecule has 1 aromatic rings. The lowest BCUT2D eigenvalue weighted by Crippen LogP contribution is -2.39. The molecule has 19 heavy (non-hydrogen) atoms. The fraction of sp³-hybridized carbons (Fsp3) is 0.636. The summed E-state index contributed by atoms with van der Waals surface area (Å²) in [5.74, 6) is 0.348. The highest BCUT2D eigenvalue weighted by atomic mass is 79.9. The molecule has 0 aliphatic carbocycles. The second-order valence-electron chi connectivity index (χ2n) is 4.82. The first-order valence-electron chi connectivity index (χ1n) is 6.12. The lowest BCUT2D eigenvalue weighted by Gasteiger charge is -2.29. The molecule has 8 heteroatoms. The molecule has 0 radical (unpaired) electrons. The summed E-state index contributed by atoms with van der Waals surface area (Å²) in [6, 6.07) is 0. The second-order valence-corrected chi connectivity index (χ2v) is 5.67. The third kappa shape index (κ3) is 3.31. The Morgan fingerprint density at radius 1 is 1.58 bits per heavy atom. The maximum absolute atomic E-state index is 12.0. The van der Waals surface area contributed by atoms with E-state index in [0.717, 1.165) is 25.9 Å². The Hall–Kier alpha value is -1.44. The molecule has 0 spiro atoms. The number of halogens is 1. The molecule has 1 aliphatic heterocycles. The zero-order valence-electron chi connectivity index (χ0n) is 10.6. The van der Waals surface area contributed by atoms with E-state index in [1.54, 1.807) is 4.90 Å². The van der Waals surface area contributed by atoms with Gasteiger partial charge in [-0.1, -0.05) is 6.92 Å². The number of carbonyl (C=O) groups is 1. The number of piperidine rings is 1. The fourth-order valence-electron chi connectivity index (χ4n) is 2.09. The molecular weight excluding hydrogens is 316 g/mol. The Labute approximate surface area is 118 Å². The lowest BCUT2D eigenvalue weighted by atomic mass is 9.99. The highest BCUT2D eigenvalue weighted by Crippen LogP contribution is 2.22. The van der Waals surface area contributed by atoms with E-state index in [-0.39, 0.29) is 22.7 Å². The molecule has 1 fully saturated rings. The normalized spacial score (nSPS) is 16.6. The second kappa shape index (κ2) is 5.68. The first kappa shape index (κ1) is 14.0. The van der Waals surface area contributed by atoms with Gasteiger partial charge in [-0.2, -0.15) is 4.68 Å². The van der Waals surface area contributed by atoms with Gasteiger partial charge in [0.1, 0.15) is 11.0 Å². The molecule has 2 heterocycles. The molecule has 104 valence electrons. The molecule has 1 aromatic heterocycles. The topological polar surface area (TPSA) is 81.3 Å². The van der Waals surface area contributed by atoms with E-state index in [1.807, 2.05) is 0 Å². The van der Waals surface area contributed by atoms with Gasteiger partial charge in [0, 0.05) is 13.1 Å². The number of nitro groups is 1. The van der Waals surface area contributed by atoms with Crippen molar-refractivity contribution in [3.05, 3.63) is 20.8 Å². The van der Waals surface area contributed by atoms with Gasteiger partial charge in [-0.15, -0.1) is 0 Å². The van der Waals surface area contributed by atoms with E-state index < -0.39 is 4.92 Å². The Balaban J connectivity index is 1.99. The van der Waals surface area contributed by atoms with Crippen molar-refractivity contribution in [1.82, 2.24) is 14.7 Å². The number of aromatic nitrogens is 2. The summed E-state index contributed by atoms with van der Waals surface area (Å²) in [6.07, 6.45) is 3.48. The summed E-state index contributed by atoms with van der Waals surface area (Å²) >= 11 is 3.06. The minimum atomic E-state index is -0.576. The van der Waals surface area contributed by atoms with Gasteiger partial charge < -0.3 is 15.0 Å². The number of hydrogen-bond donors (Lipinski definition) is 0. The molecular formula is C11H15BrN4O3. The predicted molar refractivity (Wildman–Crippen MR) is 71.6 cm³/mol. The zero-order chi connectivity index (χ0) is 14.0. The van der Waals surface area contributed by atoms with Gasteiger partial charge in [0.25, 0.3) is 0 Å². The Bertz CT molecular complexity index is 494. The average Bonchev–Trinajstić information content (AvgIpc) is 2.71. The summed E-state index contributed by atoms with van der Waals surface area (Å²) in [5, 5.41) is 14.4. The van der Waals surface area contributed by atoms with Crippen LogP contribution in [0.3, 0.4) is 0 Å². The smallest absolute Gasteiger partial charge is 0.358 e. The Morgan fingerprint density at radius 3 is 2.74 bits per heavy atom. The highest BCUT2D eigenvalue weighted by Gasteiger charge is 2.24. The van der Waals surface area contributed by atoms with Crippen LogP contribution in [0.2, 0.25) is 0 Å². The van der Waals surface area contributed by atoms with Crippen molar-refractivity contribution in [2.45, 2.75) is 26.3 Å². The summed E-state index contributed by atoms with van der Waals surface area (Å²) < 4.78 is 1.60. The summed E-state index contributed by atoms with van der Waals surface area (Å²) in [6.45, 7) is 3.73. The quantitative estimate of drug-likeness (QED) is 0.625. The molecule has 1 aliphatic rings. The fourth-order valence-corrected chi connectivity index (χ4v) is 2.55. The first-order chi connectivity index (χ1) is 8.97. The van der Waals surface area contributed by atoms with Gasteiger partial charge in [-0.05, 0) is 39.6 Å². The molecule has 7 nitrogen and oxygen atoms in total. The van der Waals surface area contributed by atoms with Gasteiger partial charge in [0.15, 0.2) is 0 Å². The summed E-state index contributed by atoms with van der Waals surface area (Å²) in [5.41, 5.74) is 0. The SMILES string of the molecule is CC1CCN(C(=O)Cn2cc(Br)c([N+](=O)[O-])n2)CC1. The van der Waals surface area contributed by atoms with E-state index in [9.17, 15) is 14.9 Å². The van der Waals surface area contributed by atoms with Gasteiger partial charge in [-0.3, -0.25) is 4.79 Å². The molecule has 0 aromatic carbocycles. The number of carbonyl (C=O) groups excluding carboxylic acids is 1. The maximum atomic E-state index is 12.0. The van der Waals surface area contributed by atoms with Crippen LogP contribution in [0.5, 0.6) is 0 Å². The zero-order valence-corrected chi connectivity index (χ0v) is 12.2. The van der Waals surface area contributed by atoms with E-state index in [1.165, 1.54) is 10.9 Å². The molecule has 0 unspecified atom stereocenters. The van der Waals surface area contributed by atoms with Crippen LogP contribution in [0, 0.1) is 16.0 Å². The van der Waals surface area contributed by atoms with Crippen LogP contribution in [0.25, 0.3) is 0 Å². The van der Waals surface area contributed by atoms with Crippen molar-refractivity contribution in [2.24, 2.45) is 5.92 Å². The molecule has 0 atom stereocenters. The van der Waals surface area contributed by atoms with Crippen molar-refractivity contribution in [2.75, 3.05) is 13.1 Å². The Kier molecular flexibility index (Phi) is 4.18. The summed E-state index contributed by atoms with van der Waals surface area (Å²) in [4.78, 5) is 23.9. The van der Waals surface area contributed by atoms with Gasteiger partial charge >= 0.3 is 5.82 Å². The highest BCUT2D eigenvalue weighted by molar-refractivity contribution is 9.10. The largest absolute Gasteiger partial charge is 0.404 e. The van der Waals surface area contributed by atoms with Gasteiger partial charge in [-0.25, -0.2) is 0 Å². The maximum Gasteiger partial charge on any atom is 0.404 e. The average molecular weight is 331 g/mol. The van der Waals surface area contributed by atoms with Crippen molar-refractivity contribution in [1.29, 1.82) is 0 Å². The van der Waals surface area contributed by atoms with Crippen LogP contribution < -0.4 is 0 Å². The van der Waals surface area contributed by atoms with Crippen LogP contribution in [-0.4, -0.2) is 38.6 Å². The van der Waals surface area contributed by atoms with Crippen LogP contribution in [0.15, 0.2) is 10.7 Å². The monoisotopic (exact) mass is 330 g/mol. The molecule has 1 amide bonds. The van der Waals surface area contributed by atoms with Crippen LogP contribution in [-0.2, 0) is 11.3 Å². The predicted octanol–water partition coefficient (Wildman–Crippen LogP) is 1.81. The lowest BCUT2D eigenvalue weighted by molar-refractivity contribution is -0.390. The molecule has 0 bridgehead atoms. The van der Waals surface area contributed by atoms with Crippen LogP contribution in [0.1, 0.15) is 19.8 Å². The van der Waals surface area contributed by atoms with Crippen molar-refractivity contribution in [3.8, 4) is 0 Å². The van der Waals surface area contributed by atoms with Crippen LogP contribution in [0.4, 0.5) is 5.82 Å². The van der Waals surface area contributed by atoms with Crippen molar-refractivity contribution in [3.63, 3.8) is 0 Å². The van der Waals surface area contributed by atoms with E-state index >= 15 is 0 Å². The van der Waals surface area contributed by atoms with Gasteiger partial charge in [0.05, 0.1) is 11.3 Å². The number of hydrogen-bond acceptors (Lipinski definition) is 4. The number of likely N-dealkylation sites (tertiary alicyclic amines) is 1. The number of rotatable bonds is 3. The third-order valence-electron chi connectivity index (χ3n) is 3.31. The minimum Gasteiger partial charge on any atom is -0.358 e. The van der Waals surface area contributed by atoms with E-state index in [2.05, 4.69) is 28.0 Å². The molecule has 2 rings (SSSR count). The molecule has 1 saturated heterocycles. The third-order valence-corrected chi connectivity index (χ3v) is 3.87. The van der Waals surface area contributed by atoms with Crippen molar-refractivity contribution < 1.29 is 9.72 Å². The standard InChI is InChI=1S/C11H15BrN4O3/c1-8-2-4-14(5-3-8)10(17)7-15-6-9(12)11(13-15)16(18)19/h6,8H,2-5,7H2,1H3.